The molecule has 6 rings (SSSR count). The average Bonchev–Trinajstić information content (AvgIpc) is 3.25. The number of methoxy groups -OCH3 is 2. The minimum Gasteiger partial charge on any atom is -0.506 e. The number of piperazine rings is 2. The quantitative estimate of drug-likeness (QED) is 0.117. The Hall–Kier alpha value is -6.37. The second-order valence-corrected chi connectivity index (χ2v) is 15.3. The van der Waals surface area contributed by atoms with E-state index >= 15 is 0 Å². The first-order chi connectivity index (χ1) is 30.0. The van der Waals surface area contributed by atoms with Gasteiger partial charge in [-0.1, -0.05) is 12.1 Å². The van der Waals surface area contributed by atoms with Gasteiger partial charge in [0, 0.05) is 101 Å². The van der Waals surface area contributed by atoms with Crippen molar-refractivity contribution in [2.45, 2.75) is 53.0 Å². The smallest absolute Gasteiger partial charge is 0.415 e. The predicted molar refractivity (Wildman–Crippen MR) is 236 cm³/mol. The lowest BCUT2D eigenvalue weighted by molar-refractivity contribution is 0.0990. The van der Waals surface area contributed by atoms with Crippen LogP contribution >= 0.6 is 11.6 Å². The highest BCUT2D eigenvalue weighted by atomic mass is 35.5. The van der Waals surface area contributed by atoms with Crippen LogP contribution in [0.4, 0.5) is 9.59 Å². The Labute approximate surface area is 372 Å². The number of pyridine rings is 2. The Morgan fingerprint density at radius 1 is 0.635 bits per heavy atom. The maximum absolute atomic E-state index is 12.4. The van der Waals surface area contributed by atoms with Crippen molar-refractivity contribution in [2.24, 2.45) is 11.5 Å². The van der Waals surface area contributed by atoms with Gasteiger partial charge >= 0.3 is 11.5 Å². The number of nitrogens with two attached hydrogens (primary N) is 2. The van der Waals surface area contributed by atoms with E-state index < -0.39 is 17.9 Å². The van der Waals surface area contributed by atoms with Gasteiger partial charge < -0.3 is 50.1 Å². The zero-order valence-corrected chi connectivity index (χ0v) is 37.2. The topological polar surface area (TPSA) is 225 Å². The molecule has 2 aromatic heterocycles. The van der Waals surface area contributed by atoms with Crippen molar-refractivity contribution in [2.75, 3.05) is 66.6 Å². The molecule has 2 aliphatic heterocycles. The van der Waals surface area contributed by atoms with Crippen LogP contribution in [0, 0.1) is 0 Å². The molecule has 4 heterocycles. The van der Waals surface area contributed by atoms with Gasteiger partial charge in [0.25, 0.3) is 0 Å². The molecule has 0 spiro atoms. The first kappa shape index (κ1) is 49.3. The fourth-order valence-corrected chi connectivity index (χ4v) is 6.56. The fraction of sp³-hybridized carbons (Fsp3) is 0.409. The van der Waals surface area contributed by atoms with Crippen molar-refractivity contribution in [3.63, 3.8) is 0 Å². The zero-order chi connectivity index (χ0) is 46.1. The van der Waals surface area contributed by atoms with E-state index in [-0.39, 0.29) is 40.2 Å². The van der Waals surface area contributed by atoms with Gasteiger partial charge in [0.05, 0.1) is 49.9 Å². The number of carbonyl (C=O) groups excluding carboxylic acids is 4. The summed E-state index contributed by atoms with van der Waals surface area (Å²) in [7, 11) is 3.32. The number of amides is 4. The molecule has 0 bridgehead atoms. The third-order valence-corrected chi connectivity index (χ3v) is 9.75. The SMILES string of the molecule is COc1cc(OC(C)C)ccc1CN1CCN(C(=O)Cl)CC1.COc1cc(OC(C)C)ccc1CN1CCN(C(=O)Oc2cncc(C(N)=O)c2)CC1.NC(=O)c1cncc(O)c1. The lowest BCUT2D eigenvalue weighted by atomic mass is 10.1. The molecule has 18 nitrogen and oxygen atoms in total. The minimum absolute atomic E-state index is 0.0590. The predicted octanol–water partition coefficient (Wildman–Crippen LogP) is 5.14. The van der Waals surface area contributed by atoms with Gasteiger partial charge in [-0.25, -0.2) is 4.79 Å². The molecule has 0 atom stereocenters. The lowest BCUT2D eigenvalue weighted by Crippen LogP contribution is -2.49. The molecule has 2 saturated heterocycles. The Balaban J connectivity index is 0.000000235. The van der Waals surface area contributed by atoms with E-state index in [0.717, 1.165) is 53.8 Å². The average molecular weight is 893 g/mol. The molecule has 4 aromatic rings. The van der Waals surface area contributed by atoms with Crippen LogP contribution in [0.2, 0.25) is 0 Å². The number of halogens is 1. The number of ether oxygens (including phenoxy) is 5. The first-order valence-electron chi connectivity index (χ1n) is 20.3. The Morgan fingerprint density at radius 3 is 1.48 bits per heavy atom. The Bertz CT molecular complexity index is 2140. The highest BCUT2D eigenvalue weighted by Crippen LogP contribution is 2.28. The van der Waals surface area contributed by atoms with Crippen LogP contribution in [-0.2, 0) is 13.1 Å². The number of primary amides is 2. The van der Waals surface area contributed by atoms with Crippen LogP contribution in [0.3, 0.4) is 0 Å². The van der Waals surface area contributed by atoms with E-state index in [0.29, 0.717) is 45.8 Å². The van der Waals surface area contributed by atoms with Crippen LogP contribution in [0.5, 0.6) is 34.5 Å². The molecule has 2 aliphatic rings. The number of benzene rings is 2. The molecule has 2 aromatic carbocycles. The second-order valence-electron chi connectivity index (χ2n) is 15.0. The van der Waals surface area contributed by atoms with Crippen LogP contribution in [-0.4, -0.2) is 137 Å². The molecule has 0 aliphatic carbocycles. The number of nitrogens with zero attached hydrogens (tertiary/aromatic N) is 6. The molecule has 2 fully saturated rings. The van der Waals surface area contributed by atoms with E-state index in [4.69, 9.17) is 51.9 Å². The molecular weight excluding hydrogens is 836 g/mol. The number of hydrogen-bond donors (Lipinski definition) is 3. The molecule has 19 heteroatoms. The number of aromatic nitrogens is 2. The summed E-state index contributed by atoms with van der Waals surface area (Å²) < 4.78 is 27.8. The van der Waals surface area contributed by atoms with Crippen LogP contribution < -0.4 is 35.2 Å². The molecule has 340 valence electrons. The van der Waals surface area contributed by atoms with E-state index in [2.05, 4.69) is 19.8 Å². The zero-order valence-electron chi connectivity index (χ0n) is 36.5. The molecule has 0 radical (unpaired) electrons. The van der Waals surface area contributed by atoms with E-state index in [1.54, 1.807) is 24.0 Å². The molecule has 4 amide bonds. The summed E-state index contributed by atoms with van der Waals surface area (Å²) in [6.45, 7) is 14.9. The summed E-state index contributed by atoms with van der Waals surface area (Å²) in [5.74, 6) is 2.11. The standard InChI is InChI=1S/C22H28N4O5.C16H23ClN2O3.C6H6N2O2/c1-15(2)30-18-5-4-16(20(11-18)29-3)14-25-6-8-26(9-7-25)22(28)31-19-10-17(21(23)27)12-24-13-19;1-12(2)22-14-5-4-13(15(10-14)21-3)11-18-6-8-19(9-7-18)16(17)20;7-6(10)4-1-5(9)3-8-2-4/h4-5,10-13,15H,6-9,14H2,1-3H3,(H2,23,27);4-5,10,12H,6-9,11H2,1-3H3;1-3,9H,(H2,7,10). The van der Waals surface area contributed by atoms with Crippen molar-refractivity contribution >= 4 is 34.9 Å². The maximum atomic E-state index is 12.4. The maximum Gasteiger partial charge on any atom is 0.415 e. The summed E-state index contributed by atoms with van der Waals surface area (Å²) in [5, 5.41) is 8.42. The first-order valence-corrected chi connectivity index (χ1v) is 20.6. The summed E-state index contributed by atoms with van der Waals surface area (Å²) in [5.41, 5.74) is 12.7. The van der Waals surface area contributed by atoms with E-state index in [1.807, 2.05) is 64.1 Å². The third kappa shape index (κ3) is 16.1. The van der Waals surface area contributed by atoms with Gasteiger partial charge in [0.1, 0.15) is 28.7 Å². The van der Waals surface area contributed by atoms with Crippen molar-refractivity contribution in [3.05, 3.63) is 95.6 Å². The fourth-order valence-electron chi connectivity index (χ4n) is 6.39. The summed E-state index contributed by atoms with van der Waals surface area (Å²) in [6.07, 6.45) is 4.98. The summed E-state index contributed by atoms with van der Waals surface area (Å²) >= 11 is 5.51. The molecule has 0 unspecified atom stereocenters. The van der Waals surface area contributed by atoms with Crippen LogP contribution in [0.25, 0.3) is 0 Å². The number of aromatic hydroxyl groups is 1. The molecule has 5 N–H and O–H groups in total. The molecule has 0 saturated carbocycles. The van der Waals surface area contributed by atoms with Crippen molar-refractivity contribution in [3.8, 4) is 34.5 Å². The highest BCUT2D eigenvalue weighted by Gasteiger charge is 2.24. The molecule has 63 heavy (non-hydrogen) atoms. The normalized spacial score (nSPS) is 14.1. The van der Waals surface area contributed by atoms with Crippen molar-refractivity contribution < 1.29 is 48.0 Å². The summed E-state index contributed by atoms with van der Waals surface area (Å²) in [4.78, 5) is 60.5. The summed E-state index contributed by atoms with van der Waals surface area (Å²) in [6, 6.07) is 14.4. The van der Waals surface area contributed by atoms with Crippen molar-refractivity contribution in [1.82, 2.24) is 29.6 Å². The monoisotopic (exact) mass is 892 g/mol. The minimum atomic E-state index is -0.627. The molecular formula is C44H57ClN8O10. The van der Waals surface area contributed by atoms with Crippen LogP contribution in [0.1, 0.15) is 59.5 Å². The number of carbonyl (C=O) groups is 4. The van der Waals surface area contributed by atoms with Gasteiger partial charge in [-0.2, -0.15) is 0 Å². The largest absolute Gasteiger partial charge is 0.506 e. The van der Waals surface area contributed by atoms with Gasteiger partial charge in [-0.3, -0.25) is 34.2 Å². The second kappa shape index (κ2) is 24.3. The van der Waals surface area contributed by atoms with Crippen LogP contribution in [0.15, 0.2) is 73.3 Å². The number of hydrogen-bond acceptors (Lipinski definition) is 14. The van der Waals surface area contributed by atoms with E-state index in [1.165, 1.54) is 36.9 Å². The van der Waals surface area contributed by atoms with Crippen molar-refractivity contribution in [1.29, 1.82) is 0 Å². The van der Waals surface area contributed by atoms with E-state index in [9.17, 15) is 19.2 Å². The Kier molecular flexibility index (Phi) is 19.0. The van der Waals surface area contributed by atoms with Gasteiger partial charge in [-0.05, 0) is 63.6 Å². The van der Waals surface area contributed by atoms with Gasteiger partial charge in [0.2, 0.25) is 11.8 Å². The highest BCUT2D eigenvalue weighted by molar-refractivity contribution is 6.62. The Morgan fingerprint density at radius 2 is 1.08 bits per heavy atom. The lowest BCUT2D eigenvalue weighted by Gasteiger charge is -2.34. The third-order valence-electron chi connectivity index (χ3n) is 9.51. The number of rotatable bonds is 13. The van der Waals surface area contributed by atoms with Gasteiger partial charge in [-0.15, -0.1) is 0 Å². The van der Waals surface area contributed by atoms with Gasteiger partial charge in [0.15, 0.2) is 5.75 Å².